The van der Waals surface area contributed by atoms with E-state index in [1.54, 1.807) is 18.2 Å². The fourth-order valence-corrected chi connectivity index (χ4v) is 5.94. The first-order valence-corrected chi connectivity index (χ1v) is 11.6. The molecule has 2 fully saturated rings. The molecule has 1 aliphatic carbocycles. The predicted octanol–water partition coefficient (Wildman–Crippen LogP) is 3.75. The van der Waals surface area contributed by atoms with Crippen LogP contribution in [0.25, 0.3) is 0 Å². The molecular weight excluding hydrogens is 395 g/mol. The van der Waals surface area contributed by atoms with Crippen LogP contribution in [0, 0.1) is 0 Å². The molecule has 0 spiro atoms. The number of carbonyl (C=O) groups excluding carboxylic acids is 1. The average molecular weight is 419 g/mol. The summed E-state index contributed by atoms with van der Waals surface area (Å²) in [5.74, 6) is 0.209. The smallest absolute Gasteiger partial charge is 0.242 e. The molecule has 3 rings (SSSR count). The van der Waals surface area contributed by atoms with Crippen LogP contribution in [-0.2, 0) is 14.6 Å². The first-order chi connectivity index (χ1) is 12.4. The minimum atomic E-state index is -3.04. The van der Waals surface area contributed by atoms with Crippen molar-refractivity contribution >= 4 is 44.6 Å². The van der Waals surface area contributed by atoms with E-state index in [0.29, 0.717) is 16.5 Å². The van der Waals surface area contributed by atoms with Gasteiger partial charge in [0.05, 0.1) is 28.1 Å². The van der Waals surface area contributed by atoms with Crippen LogP contribution < -0.4 is 5.32 Å². The zero-order valence-electron chi connectivity index (χ0n) is 14.6. The zero-order valence-corrected chi connectivity index (χ0v) is 16.9. The third-order valence-electron chi connectivity index (χ3n) is 5.22. The van der Waals surface area contributed by atoms with Crippen molar-refractivity contribution in [1.29, 1.82) is 0 Å². The van der Waals surface area contributed by atoms with Gasteiger partial charge in [0, 0.05) is 17.8 Å². The summed E-state index contributed by atoms with van der Waals surface area (Å²) in [6.45, 7) is 0.116. The predicted molar refractivity (Wildman–Crippen MR) is 106 cm³/mol. The Morgan fingerprint density at radius 1 is 1.08 bits per heavy atom. The Morgan fingerprint density at radius 2 is 1.81 bits per heavy atom. The third-order valence-corrected chi connectivity index (χ3v) is 7.71. The molecule has 1 aromatic rings. The van der Waals surface area contributed by atoms with Gasteiger partial charge in [-0.25, -0.2) is 8.42 Å². The summed E-state index contributed by atoms with van der Waals surface area (Å²) in [7, 11) is -3.04. The van der Waals surface area contributed by atoms with Crippen LogP contribution in [0.1, 0.15) is 38.5 Å². The fraction of sp³-hybridized carbons (Fsp3) is 0.611. The van der Waals surface area contributed by atoms with Gasteiger partial charge in [-0.15, -0.1) is 0 Å². The highest BCUT2D eigenvalue weighted by Crippen LogP contribution is 2.29. The lowest BCUT2D eigenvalue weighted by Gasteiger charge is -2.38. The maximum atomic E-state index is 13.0. The number of nitrogens with zero attached hydrogens (tertiary/aromatic N) is 1. The quantitative estimate of drug-likeness (QED) is 0.790. The van der Waals surface area contributed by atoms with Crippen molar-refractivity contribution in [3.63, 3.8) is 0 Å². The molecule has 0 bridgehead atoms. The van der Waals surface area contributed by atoms with E-state index in [9.17, 15) is 13.2 Å². The Balaban J connectivity index is 1.70. The minimum Gasteiger partial charge on any atom is -0.376 e. The largest absolute Gasteiger partial charge is 0.376 e. The number of benzene rings is 1. The second kappa shape index (κ2) is 8.36. The number of halogens is 2. The van der Waals surface area contributed by atoms with Crippen LogP contribution in [0.2, 0.25) is 10.0 Å². The lowest BCUT2D eigenvalue weighted by molar-refractivity contribution is -0.134. The normalized spacial score (nSPS) is 22.9. The Hall–Kier alpha value is -0.980. The molecule has 1 heterocycles. The lowest BCUT2D eigenvalue weighted by Crippen LogP contribution is -2.50. The van der Waals surface area contributed by atoms with Gasteiger partial charge in [0.1, 0.15) is 0 Å². The maximum Gasteiger partial charge on any atom is 0.242 e. The van der Waals surface area contributed by atoms with Gasteiger partial charge in [-0.2, -0.15) is 0 Å². The van der Waals surface area contributed by atoms with Crippen molar-refractivity contribution in [3.8, 4) is 0 Å². The summed E-state index contributed by atoms with van der Waals surface area (Å²) < 4.78 is 23.8. The lowest BCUT2D eigenvalue weighted by atomic mass is 9.93. The van der Waals surface area contributed by atoms with Crippen molar-refractivity contribution < 1.29 is 13.2 Å². The maximum absolute atomic E-state index is 13.0. The molecule has 1 aromatic carbocycles. The second-order valence-corrected chi connectivity index (χ2v) is 10.2. The van der Waals surface area contributed by atoms with E-state index in [0.717, 1.165) is 31.4 Å². The average Bonchev–Trinajstić information content (AvgIpc) is 2.96. The molecule has 1 aliphatic heterocycles. The van der Waals surface area contributed by atoms with Crippen LogP contribution >= 0.6 is 23.2 Å². The number of hydrogen-bond donors (Lipinski definition) is 1. The van der Waals surface area contributed by atoms with E-state index in [1.165, 1.54) is 6.42 Å². The monoisotopic (exact) mass is 418 g/mol. The van der Waals surface area contributed by atoms with E-state index >= 15 is 0 Å². The molecule has 26 heavy (non-hydrogen) atoms. The highest BCUT2D eigenvalue weighted by Gasteiger charge is 2.38. The third kappa shape index (κ3) is 4.84. The molecular formula is C18H24Cl2N2O3S. The number of rotatable bonds is 5. The number of nitrogens with one attached hydrogen (secondary N) is 1. The standard InChI is InChI=1S/C18H24Cl2N2O3S/c19-16-7-6-13(10-17(16)20)21-11-18(23)22(14-4-2-1-3-5-14)15-8-9-26(24,25)12-15/h6-7,10,14-15,21H,1-5,8-9,11-12H2. The van der Waals surface area contributed by atoms with E-state index in [-0.39, 0.29) is 36.0 Å². The Morgan fingerprint density at radius 3 is 2.42 bits per heavy atom. The minimum absolute atomic E-state index is 0.0509. The first kappa shape index (κ1) is 19.8. The molecule has 1 saturated carbocycles. The molecule has 5 nitrogen and oxygen atoms in total. The van der Waals surface area contributed by atoms with Crippen molar-refractivity contribution in [2.45, 2.75) is 50.6 Å². The molecule has 1 amide bonds. The van der Waals surface area contributed by atoms with Gasteiger partial charge in [0.25, 0.3) is 0 Å². The highest BCUT2D eigenvalue weighted by atomic mass is 35.5. The molecule has 0 radical (unpaired) electrons. The molecule has 8 heteroatoms. The van der Waals surface area contributed by atoms with Gasteiger partial charge in [-0.05, 0) is 37.5 Å². The summed E-state index contributed by atoms with van der Waals surface area (Å²) in [4.78, 5) is 14.8. The summed E-state index contributed by atoms with van der Waals surface area (Å²) in [6.07, 6.45) is 5.81. The molecule has 1 N–H and O–H groups in total. The topological polar surface area (TPSA) is 66.5 Å². The molecule has 1 saturated heterocycles. The van der Waals surface area contributed by atoms with E-state index in [4.69, 9.17) is 23.2 Å². The summed E-state index contributed by atoms with van der Waals surface area (Å²) >= 11 is 11.9. The van der Waals surface area contributed by atoms with E-state index < -0.39 is 9.84 Å². The van der Waals surface area contributed by atoms with E-state index in [2.05, 4.69) is 5.32 Å². The van der Waals surface area contributed by atoms with Gasteiger partial charge in [0.2, 0.25) is 5.91 Å². The van der Waals surface area contributed by atoms with Crippen molar-refractivity contribution in [1.82, 2.24) is 4.90 Å². The summed E-state index contributed by atoms with van der Waals surface area (Å²) in [6, 6.07) is 5.07. The SMILES string of the molecule is O=C(CNc1ccc(Cl)c(Cl)c1)N(C1CCCCC1)C1CCS(=O)(=O)C1. The van der Waals surface area contributed by atoms with Crippen molar-refractivity contribution in [2.75, 3.05) is 23.4 Å². The molecule has 2 aliphatic rings. The van der Waals surface area contributed by atoms with Gasteiger partial charge in [-0.3, -0.25) is 4.79 Å². The number of hydrogen-bond acceptors (Lipinski definition) is 4. The number of sulfone groups is 1. The molecule has 0 aromatic heterocycles. The Bertz CT molecular complexity index is 764. The number of carbonyl (C=O) groups is 1. The van der Waals surface area contributed by atoms with Crippen LogP contribution in [0.15, 0.2) is 18.2 Å². The second-order valence-electron chi connectivity index (χ2n) is 7.13. The van der Waals surface area contributed by atoms with Crippen LogP contribution in [-0.4, -0.2) is 49.4 Å². The number of anilines is 1. The van der Waals surface area contributed by atoms with Gasteiger partial charge >= 0.3 is 0 Å². The highest BCUT2D eigenvalue weighted by molar-refractivity contribution is 7.91. The molecule has 1 atom stereocenters. The molecule has 144 valence electrons. The first-order valence-electron chi connectivity index (χ1n) is 9.06. The Labute approximate surface area is 165 Å². The van der Waals surface area contributed by atoms with Crippen molar-refractivity contribution in [2.24, 2.45) is 0 Å². The van der Waals surface area contributed by atoms with Gasteiger partial charge in [-0.1, -0.05) is 42.5 Å². The van der Waals surface area contributed by atoms with Crippen LogP contribution in [0.5, 0.6) is 0 Å². The van der Waals surface area contributed by atoms with Gasteiger partial charge < -0.3 is 10.2 Å². The summed E-state index contributed by atoms with van der Waals surface area (Å²) in [5, 5.41) is 3.98. The summed E-state index contributed by atoms with van der Waals surface area (Å²) in [5.41, 5.74) is 0.718. The number of amides is 1. The van der Waals surface area contributed by atoms with Crippen LogP contribution in [0.4, 0.5) is 5.69 Å². The van der Waals surface area contributed by atoms with E-state index in [1.807, 2.05) is 4.90 Å². The molecule has 1 unspecified atom stereocenters. The Kier molecular flexibility index (Phi) is 6.36. The fourth-order valence-electron chi connectivity index (χ4n) is 3.93. The van der Waals surface area contributed by atoms with Crippen molar-refractivity contribution in [3.05, 3.63) is 28.2 Å². The van der Waals surface area contributed by atoms with Crippen LogP contribution in [0.3, 0.4) is 0 Å². The van der Waals surface area contributed by atoms with Gasteiger partial charge in [0.15, 0.2) is 9.84 Å². The zero-order chi connectivity index (χ0) is 18.7.